The van der Waals surface area contributed by atoms with Crippen molar-refractivity contribution >= 4 is 28.9 Å². The first kappa shape index (κ1) is 15.9. The van der Waals surface area contributed by atoms with Gasteiger partial charge >= 0.3 is 5.97 Å². The molecule has 2 rings (SSSR count). The third-order valence-electron chi connectivity index (χ3n) is 4.12. The van der Waals surface area contributed by atoms with Crippen LogP contribution in [0.4, 0.5) is 11.4 Å². The number of aromatic carboxylic acids is 1. The predicted molar refractivity (Wildman–Crippen MR) is 86.4 cm³/mol. The topological polar surface area (TPSA) is 69.8 Å². The highest BCUT2D eigenvalue weighted by atomic mass is 35.5. The molecule has 1 aromatic carbocycles. The highest BCUT2D eigenvalue weighted by molar-refractivity contribution is 6.34. The molecule has 0 aliphatic carbocycles. The Bertz CT molecular complexity index is 532. The molecule has 0 aromatic heterocycles. The number of nitrogens with two attached hydrogens (primary N) is 1. The lowest BCUT2D eigenvalue weighted by atomic mass is 10.1. The quantitative estimate of drug-likeness (QED) is 0.818. The lowest BCUT2D eigenvalue weighted by molar-refractivity contribution is 0.0697. The van der Waals surface area contributed by atoms with Gasteiger partial charge in [-0.15, -0.1) is 0 Å². The zero-order chi connectivity index (χ0) is 15.6. The van der Waals surface area contributed by atoms with Gasteiger partial charge in [0.15, 0.2) is 0 Å². The molecular weight excluding hydrogens is 290 g/mol. The highest BCUT2D eigenvalue weighted by Gasteiger charge is 2.30. The lowest BCUT2D eigenvalue weighted by Crippen LogP contribution is -2.37. The van der Waals surface area contributed by atoms with Crippen LogP contribution in [0.1, 0.15) is 30.6 Å². The van der Waals surface area contributed by atoms with Gasteiger partial charge in [0, 0.05) is 24.8 Å². The number of hydrogen-bond acceptors (Lipinski definition) is 4. The van der Waals surface area contributed by atoms with Crippen LogP contribution in [0, 0.1) is 0 Å². The van der Waals surface area contributed by atoms with Crippen LogP contribution >= 0.6 is 11.6 Å². The van der Waals surface area contributed by atoms with Gasteiger partial charge in [0.05, 0.1) is 16.3 Å². The number of rotatable bonds is 5. The van der Waals surface area contributed by atoms with Crippen LogP contribution in [0.2, 0.25) is 5.02 Å². The minimum atomic E-state index is -0.995. The molecule has 1 aliphatic rings. The molecule has 3 N–H and O–H groups in total. The molecule has 5 nitrogen and oxygen atoms in total. The van der Waals surface area contributed by atoms with E-state index in [9.17, 15) is 9.90 Å². The number of carbonyl (C=O) groups is 1. The van der Waals surface area contributed by atoms with Gasteiger partial charge in [0.2, 0.25) is 0 Å². The summed E-state index contributed by atoms with van der Waals surface area (Å²) in [4.78, 5) is 15.9. The van der Waals surface area contributed by atoms with E-state index in [0.717, 1.165) is 32.6 Å². The van der Waals surface area contributed by atoms with E-state index in [4.69, 9.17) is 17.3 Å². The summed E-state index contributed by atoms with van der Waals surface area (Å²) >= 11 is 6.26. The van der Waals surface area contributed by atoms with Crippen LogP contribution in [0.3, 0.4) is 0 Å². The molecule has 1 aliphatic heterocycles. The standard InChI is InChI=1S/C15H22ClN3O2/c1-3-18(4-2)11-5-6-19(9-11)14-12(15(20)21)7-10(17)8-13(14)16/h7-8,11H,3-6,9,17H2,1-2H3,(H,20,21). The van der Waals surface area contributed by atoms with Crippen molar-refractivity contribution in [1.29, 1.82) is 0 Å². The maximum absolute atomic E-state index is 11.5. The van der Waals surface area contributed by atoms with Gasteiger partial charge in [-0.25, -0.2) is 4.79 Å². The van der Waals surface area contributed by atoms with E-state index in [1.165, 1.54) is 6.07 Å². The summed E-state index contributed by atoms with van der Waals surface area (Å²) < 4.78 is 0. The summed E-state index contributed by atoms with van der Waals surface area (Å²) in [6.07, 6.45) is 1.02. The second-order valence-electron chi connectivity index (χ2n) is 5.31. The number of carboxylic acids is 1. The first-order valence-electron chi connectivity index (χ1n) is 7.29. The predicted octanol–water partition coefficient (Wildman–Crippen LogP) is 2.54. The fraction of sp³-hybridized carbons (Fsp3) is 0.533. The molecule has 116 valence electrons. The number of carboxylic acid groups (broad SMARTS) is 1. The molecule has 1 aromatic rings. The van der Waals surface area contributed by atoms with Crippen LogP contribution < -0.4 is 10.6 Å². The van der Waals surface area contributed by atoms with Crippen LogP contribution in [-0.2, 0) is 0 Å². The van der Waals surface area contributed by atoms with Crippen molar-refractivity contribution in [2.75, 3.05) is 36.8 Å². The molecule has 6 heteroatoms. The Morgan fingerprint density at radius 2 is 2.14 bits per heavy atom. The van der Waals surface area contributed by atoms with E-state index in [2.05, 4.69) is 23.6 Å². The SMILES string of the molecule is CCN(CC)C1CCN(c2c(Cl)cc(N)cc2C(=O)O)C1. The van der Waals surface area contributed by atoms with E-state index in [0.29, 0.717) is 22.4 Å². The van der Waals surface area contributed by atoms with E-state index >= 15 is 0 Å². The van der Waals surface area contributed by atoms with Gasteiger partial charge in [0.25, 0.3) is 0 Å². The largest absolute Gasteiger partial charge is 0.478 e. The Kier molecular flexibility index (Phi) is 4.96. The first-order valence-corrected chi connectivity index (χ1v) is 7.67. The third kappa shape index (κ3) is 3.24. The zero-order valence-electron chi connectivity index (χ0n) is 12.5. The molecule has 0 spiro atoms. The van der Waals surface area contributed by atoms with Crippen molar-refractivity contribution < 1.29 is 9.90 Å². The average molecular weight is 312 g/mol. The van der Waals surface area contributed by atoms with E-state index in [1.807, 2.05) is 0 Å². The van der Waals surface area contributed by atoms with Gasteiger partial charge in [-0.1, -0.05) is 25.4 Å². The van der Waals surface area contributed by atoms with Crippen molar-refractivity contribution in [3.63, 3.8) is 0 Å². The summed E-state index contributed by atoms with van der Waals surface area (Å²) in [5.41, 5.74) is 6.86. The maximum atomic E-state index is 11.5. The van der Waals surface area contributed by atoms with Crippen LogP contribution in [0.15, 0.2) is 12.1 Å². The number of benzene rings is 1. The highest BCUT2D eigenvalue weighted by Crippen LogP contribution is 2.35. The summed E-state index contributed by atoms with van der Waals surface area (Å²) in [7, 11) is 0. The van der Waals surface area contributed by atoms with Gasteiger partial charge < -0.3 is 15.7 Å². The van der Waals surface area contributed by atoms with Gasteiger partial charge in [-0.05, 0) is 31.6 Å². The molecule has 1 saturated heterocycles. The Balaban J connectivity index is 2.29. The molecular formula is C15H22ClN3O2. The number of likely N-dealkylation sites (N-methyl/N-ethyl adjacent to an activating group) is 1. The van der Waals surface area contributed by atoms with Gasteiger partial charge in [-0.3, -0.25) is 4.90 Å². The van der Waals surface area contributed by atoms with Crippen LogP contribution in [-0.4, -0.2) is 48.2 Å². The van der Waals surface area contributed by atoms with Crippen molar-refractivity contribution in [3.05, 3.63) is 22.7 Å². The second kappa shape index (κ2) is 6.54. The molecule has 1 atom stereocenters. The first-order chi connectivity index (χ1) is 9.97. The van der Waals surface area contributed by atoms with Crippen molar-refractivity contribution in [2.24, 2.45) is 0 Å². The van der Waals surface area contributed by atoms with Crippen LogP contribution in [0.25, 0.3) is 0 Å². The van der Waals surface area contributed by atoms with Gasteiger partial charge in [0.1, 0.15) is 0 Å². The monoisotopic (exact) mass is 311 g/mol. The molecule has 0 amide bonds. The number of nitrogen functional groups attached to an aromatic ring is 1. The van der Waals surface area contributed by atoms with E-state index in [1.54, 1.807) is 6.07 Å². The fourth-order valence-corrected chi connectivity index (χ4v) is 3.43. The van der Waals surface area contributed by atoms with Crippen molar-refractivity contribution in [1.82, 2.24) is 4.90 Å². The lowest BCUT2D eigenvalue weighted by Gasteiger charge is -2.27. The van der Waals surface area contributed by atoms with E-state index in [-0.39, 0.29) is 5.56 Å². The van der Waals surface area contributed by atoms with Crippen molar-refractivity contribution in [2.45, 2.75) is 26.3 Å². The summed E-state index contributed by atoms with van der Waals surface area (Å²) in [5, 5.41) is 9.80. The minimum Gasteiger partial charge on any atom is -0.478 e. The summed E-state index contributed by atoms with van der Waals surface area (Å²) in [6, 6.07) is 3.54. The summed E-state index contributed by atoms with van der Waals surface area (Å²) in [6.45, 7) is 7.89. The normalized spacial score (nSPS) is 18.5. The Morgan fingerprint density at radius 1 is 1.48 bits per heavy atom. The molecule has 21 heavy (non-hydrogen) atoms. The summed E-state index contributed by atoms with van der Waals surface area (Å²) in [5.74, 6) is -0.995. The van der Waals surface area contributed by atoms with Gasteiger partial charge in [-0.2, -0.15) is 0 Å². The Labute approximate surface area is 130 Å². The molecule has 1 heterocycles. The average Bonchev–Trinajstić information content (AvgIpc) is 2.88. The number of hydrogen-bond donors (Lipinski definition) is 2. The molecule has 1 fully saturated rings. The third-order valence-corrected chi connectivity index (χ3v) is 4.41. The molecule has 0 bridgehead atoms. The second-order valence-corrected chi connectivity index (χ2v) is 5.72. The van der Waals surface area contributed by atoms with E-state index < -0.39 is 5.97 Å². The van der Waals surface area contributed by atoms with Crippen molar-refractivity contribution in [3.8, 4) is 0 Å². The number of anilines is 2. The number of nitrogens with zero attached hydrogens (tertiary/aromatic N) is 2. The Hall–Kier alpha value is -1.46. The molecule has 0 radical (unpaired) electrons. The maximum Gasteiger partial charge on any atom is 0.337 e. The minimum absolute atomic E-state index is 0.181. The fourth-order valence-electron chi connectivity index (χ4n) is 3.09. The number of halogens is 1. The molecule has 1 unspecified atom stereocenters. The molecule has 0 saturated carbocycles. The smallest absolute Gasteiger partial charge is 0.337 e. The zero-order valence-corrected chi connectivity index (χ0v) is 13.2. The van der Waals surface area contributed by atoms with Crippen LogP contribution in [0.5, 0.6) is 0 Å². The Morgan fingerprint density at radius 3 is 2.71 bits per heavy atom.